The second-order valence-corrected chi connectivity index (χ2v) is 6.19. The summed E-state index contributed by atoms with van der Waals surface area (Å²) >= 11 is 6.48. The summed E-state index contributed by atoms with van der Waals surface area (Å²) in [7, 11) is 0. The number of nitrogen functional groups attached to an aromatic ring is 1. The van der Waals surface area contributed by atoms with E-state index in [4.69, 9.17) is 22.3 Å². The smallest absolute Gasteiger partial charge is 0.117 e. The molecule has 1 saturated carbocycles. The second kappa shape index (κ2) is 4.50. The zero-order valence-corrected chi connectivity index (χ0v) is 12.6. The van der Waals surface area contributed by atoms with Crippen LogP contribution in [0.5, 0.6) is 0 Å². The first-order chi connectivity index (χ1) is 10.1. The van der Waals surface area contributed by atoms with Crippen LogP contribution < -0.4 is 5.73 Å². The lowest BCUT2D eigenvalue weighted by atomic mass is 10.2. The lowest BCUT2D eigenvalue weighted by Gasteiger charge is -2.11. The molecule has 1 aliphatic carbocycles. The predicted molar refractivity (Wildman–Crippen MR) is 87.2 cm³/mol. The van der Waals surface area contributed by atoms with Crippen LogP contribution in [0.3, 0.4) is 0 Å². The average molecular weight is 298 g/mol. The van der Waals surface area contributed by atoms with Crippen LogP contribution in [0, 0.1) is 6.92 Å². The maximum absolute atomic E-state index is 6.48. The Bertz CT molecular complexity index is 847. The third-order valence-corrected chi connectivity index (χ3v) is 4.29. The van der Waals surface area contributed by atoms with Gasteiger partial charge in [-0.15, -0.1) is 0 Å². The molecule has 3 nitrogen and oxygen atoms in total. The molecule has 4 heteroatoms. The van der Waals surface area contributed by atoms with Crippen molar-refractivity contribution in [3.05, 3.63) is 52.8 Å². The van der Waals surface area contributed by atoms with Gasteiger partial charge in [0.25, 0.3) is 0 Å². The summed E-state index contributed by atoms with van der Waals surface area (Å²) < 4.78 is 2.19. The van der Waals surface area contributed by atoms with Gasteiger partial charge in [0.2, 0.25) is 0 Å². The van der Waals surface area contributed by atoms with Crippen LogP contribution in [-0.2, 0) is 0 Å². The minimum atomic E-state index is 0.538. The number of hydrogen-bond donors (Lipinski definition) is 1. The summed E-state index contributed by atoms with van der Waals surface area (Å²) in [6.45, 7) is 2.05. The van der Waals surface area contributed by atoms with Crippen molar-refractivity contribution in [2.75, 3.05) is 5.73 Å². The number of aryl methyl sites for hydroxylation is 1. The number of aromatic nitrogens is 2. The molecule has 0 spiro atoms. The van der Waals surface area contributed by atoms with E-state index in [0.29, 0.717) is 5.92 Å². The Morgan fingerprint density at radius 1 is 1.19 bits per heavy atom. The largest absolute Gasteiger partial charge is 0.399 e. The van der Waals surface area contributed by atoms with Crippen molar-refractivity contribution < 1.29 is 0 Å². The number of halogens is 1. The molecule has 2 aromatic carbocycles. The minimum Gasteiger partial charge on any atom is -0.399 e. The van der Waals surface area contributed by atoms with E-state index in [-0.39, 0.29) is 0 Å². The first-order valence-corrected chi connectivity index (χ1v) is 7.55. The van der Waals surface area contributed by atoms with Crippen molar-refractivity contribution in [2.24, 2.45) is 0 Å². The summed E-state index contributed by atoms with van der Waals surface area (Å²) in [6, 6.07) is 12.0. The van der Waals surface area contributed by atoms with Crippen molar-refractivity contribution in [3.8, 4) is 5.69 Å². The quantitative estimate of drug-likeness (QED) is 0.710. The van der Waals surface area contributed by atoms with E-state index in [2.05, 4.69) is 16.7 Å². The molecule has 1 heterocycles. The Balaban J connectivity index is 2.03. The lowest BCUT2D eigenvalue weighted by Crippen LogP contribution is -2.01. The van der Waals surface area contributed by atoms with Crippen LogP contribution in [0.1, 0.15) is 30.1 Å². The van der Waals surface area contributed by atoms with Gasteiger partial charge in [-0.25, -0.2) is 4.98 Å². The van der Waals surface area contributed by atoms with Crippen molar-refractivity contribution in [1.82, 2.24) is 9.55 Å². The zero-order valence-electron chi connectivity index (χ0n) is 11.8. The number of nitrogens with two attached hydrogens (primary N) is 1. The number of benzene rings is 2. The summed E-state index contributed by atoms with van der Waals surface area (Å²) in [5, 5.41) is 0.757. The van der Waals surface area contributed by atoms with Crippen molar-refractivity contribution in [1.29, 1.82) is 0 Å². The molecule has 0 radical (unpaired) electrons. The SMILES string of the molecule is Cc1ccc(-n2c(C3CC3)nc3cc(N)ccc32)c(Cl)c1. The summed E-state index contributed by atoms with van der Waals surface area (Å²) in [6.07, 6.45) is 2.39. The normalized spacial score (nSPS) is 14.8. The lowest BCUT2D eigenvalue weighted by molar-refractivity contribution is 0.896. The Hall–Kier alpha value is -2.00. The Labute approximate surface area is 128 Å². The highest BCUT2D eigenvalue weighted by Crippen LogP contribution is 2.42. The molecule has 1 aromatic heterocycles. The molecule has 0 atom stereocenters. The highest BCUT2D eigenvalue weighted by atomic mass is 35.5. The fourth-order valence-electron chi connectivity index (χ4n) is 2.78. The molecular weight excluding hydrogens is 282 g/mol. The highest BCUT2D eigenvalue weighted by molar-refractivity contribution is 6.32. The van der Waals surface area contributed by atoms with Gasteiger partial charge < -0.3 is 5.73 Å². The van der Waals surface area contributed by atoms with Crippen LogP contribution in [0.25, 0.3) is 16.7 Å². The number of hydrogen-bond acceptors (Lipinski definition) is 2. The number of rotatable bonds is 2. The molecule has 21 heavy (non-hydrogen) atoms. The fraction of sp³-hybridized carbons (Fsp3) is 0.235. The van der Waals surface area contributed by atoms with E-state index in [1.165, 1.54) is 12.8 Å². The molecule has 0 unspecified atom stereocenters. The van der Waals surface area contributed by atoms with Gasteiger partial charge in [-0.2, -0.15) is 0 Å². The van der Waals surface area contributed by atoms with E-state index in [9.17, 15) is 0 Å². The van der Waals surface area contributed by atoms with Gasteiger partial charge >= 0.3 is 0 Å². The van der Waals surface area contributed by atoms with E-state index >= 15 is 0 Å². The first-order valence-electron chi connectivity index (χ1n) is 7.18. The molecule has 4 rings (SSSR count). The Morgan fingerprint density at radius 2 is 2.00 bits per heavy atom. The van der Waals surface area contributed by atoms with Gasteiger partial charge in [0, 0.05) is 11.6 Å². The number of anilines is 1. The molecule has 1 aliphatic rings. The number of fused-ring (bicyclic) bond motifs is 1. The number of imidazole rings is 1. The molecule has 0 saturated heterocycles. The van der Waals surface area contributed by atoms with Gasteiger partial charge in [-0.3, -0.25) is 4.57 Å². The van der Waals surface area contributed by atoms with Crippen LogP contribution in [-0.4, -0.2) is 9.55 Å². The van der Waals surface area contributed by atoms with Gasteiger partial charge in [0.1, 0.15) is 5.82 Å². The third kappa shape index (κ3) is 2.09. The van der Waals surface area contributed by atoms with E-state index in [0.717, 1.165) is 38.8 Å². The molecule has 0 amide bonds. The third-order valence-electron chi connectivity index (χ3n) is 3.99. The first kappa shape index (κ1) is 12.7. The summed E-state index contributed by atoms with van der Waals surface area (Å²) in [5.41, 5.74) is 10.8. The van der Waals surface area contributed by atoms with Crippen molar-refractivity contribution in [2.45, 2.75) is 25.7 Å². The highest BCUT2D eigenvalue weighted by Gasteiger charge is 2.30. The standard InChI is InChI=1S/C17H16ClN3/c1-10-2-6-15(13(18)8-10)21-16-7-5-12(19)9-14(16)20-17(21)11-3-4-11/h2,5-9,11H,3-4,19H2,1H3. The molecule has 0 bridgehead atoms. The Morgan fingerprint density at radius 3 is 2.71 bits per heavy atom. The Kier molecular flexibility index (Phi) is 2.73. The monoisotopic (exact) mass is 297 g/mol. The summed E-state index contributed by atoms with van der Waals surface area (Å²) in [4.78, 5) is 4.80. The molecule has 3 aromatic rings. The van der Waals surface area contributed by atoms with Gasteiger partial charge in [-0.1, -0.05) is 17.7 Å². The van der Waals surface area contributed by atoms with E-state index in [1.54, 1.807) is 0 Å². The van der Waals surface area contributed by atoms with Crippen LogP contribution in [0.4, 0.5) is 5.69 Å². The average Bonchev–Trinajstić information content (AvgIpc) is 3.21. The van der Waals surface area contributed by atoms with Gasteiger partial charge in [-0.05, 0) is 55.7 Å². The number of nitrogens with zero attached hydrogens (tertiary/aromatic N) is 2. The van der Waals surface area contributed by atoms with Crippen LogP contribution in [0.15, 0.2) is 36.4 Å². The topological polar surface area (TPSA) is 43.8 Å². The van der Waals surface area contributed by atoms with Crippen molar-refractivity contribution >= 4 is 28.3 Å². The van der Waals surface area contributed by atoms with Crippen molar-refractivity contribution in [3.63, 3.8) is 0 Å². The van der Waals surface area contributed by atoms with E-state index in [1.807, 2.05) is 31.2 Å². The fourth-order valence-corrected chi connectivity index (χ4v) is 3.10. The second-order valence-electron chi connectivity index (χ2n) is 5.78. The summed E-state index contributed by atoms with van der Waals surface area (Å²) in [5.74, 6) is 1.64. The minimum absolute atomic E-state index is 0.538. The molecule has 1 fully saturated rings. The van der Waals surface area contributed by atoms with Gasteiger partial charge in [0.15, 0.2) is 0 Å². The molecule has 106 valence electrons. The maximum atomic E-state index is 6.48. The van der Waals surface area contributed by atoms with E-state index < -0.39 is 0 Å². The molecule has 2 N–H and O–H groups in total. The molecule has 0 aliphatic heterocycles. The predicted octanol–water partition coefficient (Wildman–Crippen LogP) is 4.45. The maximum Gasteiger partial charge on any atom is 0.117 e. The van der Waals surface area contributed by atoms with Gasteiger partial charge in [0.05, 0.1) is 21.7 Å². The zero-order chi connectivity index (χ0) is 14.6. The van der Waals surface area contributed by atoms with Crippen LogP contribution in [0.2, 0.25) is 5.02 Å². The molecular formula is C17H16ClN3. The van der Waals surface area contributed by atoms with Crippen LogP contribution >= 0.6 is 11.6 Å².